The lowest BCUT2D eigenvalue weighted by Crippen LogP contribution is -2.44. The van der Waals surface area contributed by atoms with Crippen molar-refractivity contribution in [3.63, 3.8) is 0 Å². The molecule has 7 nitrogen and oxygen atoms in total. The maximum absolute atomic E-state index is 12.4. The molecule has 1 aliphatic carbocycles. The minimum absolute atomic E-state index is 0.0131. The molecule has 1 aliphatic heterocycles. The summed E-state index contributed by atoms with van der Waals surface area (Å²) in [6.45, 7) is 5.58. The standard InChI is InChI=1S/C23H29N5O2S/c1-15-5-8-19(16(2)12-15)25-21(29)14-31-22-10-9-20(26-27-22)28-11-3-4-17(13-28)23(30)24-18-6-7-18/h5,8-10,12,17-18H,3-4,6-7,11,13-14H2,1-2H3,(H,24,30)(H,25,29)/t17-/m0/s1. The van der Waals surface area contributed by atoms with Gasteiger partial charge in [0.15, 0.2) is 5.82 Å². The fraction of sp³-hybridized carbons (Fsp3) is 0.478. The van der Waals surface area contributed by atoms with E-state index in [9.17, 15) is 9.59 Å². The molecule has 1 atom stereocenters. The molecule has 0 spiro atoms. The molecule has 1 saturated heterocycles. The first-order valence-electron chi connectivity index (χ1n) is 10.9. The zero-order valence-electron chi connectivity index (χ0n) is 18.1. The summed E-state index contributed by atoms with van der Waals surface area (Å²) in [4.78, 5) is 26.8. The lowest BCUT2D eigenvalue weighted by molar-refractivity contribution is -0.125. The summed E-state index contributed by atoms with van der Waals surface area (Å²) < 4.78 is 0. The highest BCUT2D eigenvalue weighted by atomic mass is 32.2. The molecule has 2 amide bonds. The molecule has 2 heterocycles. The van der Waals surface area contributed by atoms with Crippen LogP contribution in [-0.4, -0.2) is 46.9 Å². The van der Waals surface area contributed by atoms with Gasteiger partial charge in [-0.25, -0.2) is 0 Å². The second kappa shape index (κ2) is 9.68. The quantitative estimate of drug-likeness (QED) is 0.644. The Hall–Kier alpha value is -2.61. The maximum atomic E-state index is 12.4. The molecule has 8 heteroatoms. The van der Waals surface area contributed by atoms with Crippen LogP contribution in [0.3, 0.4) is 0 Å². The van der Waals surface area contributed by atoms with Gasteiger partial charge in [0.25, 0.3) is 0 Å². The minimum Gasteiger partial charge on any atom is -0.354 e. The Bertz CT molecular complexity index is 945. The molecule has 2 fully saturated rings. The van der Waals surface area contributed by atoms with Crippen LogP contribution in [0, 0.1) is 19.8 Å². The summed E-state index contributed by atoms with van der Waals surface area (Å²) in [6.07, 6.45) is 4.11. The van der Waals surface area contributed by atoms with Crippen molar-refractivity contribution in [3.05, 3.63) is 41.5 Å². The van der Waals surface area contributed by atoms with Crippen LogP contribution >= 0.6 is 11.8 Å². The fourth-order valence-corrected chi connectivity index (χ4v) is 4.40. The van der Waals surface area contributed by atoms with E-state index in [2.05, 4.69) is 25.7 Å². The Morgan fingerprint density at radius 1 is 1.13 bits per heavy atom. The SMILES string of the molecule is Cc1ccc(NC(=O)CSc2ccc(N3CCC[C@H](C(=O)NC4CC4)C3)nn2)c(C)c1. The molecule has 0 unspecified atom stereocenters. The van der Waals surface area contributed by atoms with Crippen molar-refractivity contribution in [3.8, 4) is 0 Å². The van der Waals surface area contributed by atoms with Crippen LogP contribution in [0.15, 0.2) is 35.4 Å². The van der Waals surface area contributed by atoms with Gasteiger partial charge >= 0.3 is 0 Å². The van der Waals surface area contributed by atoms with Gasteiger partial charge in [0.2, 0.25) is 11.8 Å². The first kappa shape index (κ1) is 21.6. The molecule has 4 rings (SSSR count). The molecule has 2 N–H and O–H groups in total. The third-order valence-electron chi connectivity index (χ3n) is 5.67. The minimum atomic E-state index is -0.0663. The van der Waals surface area contributed by atoms with Gasteiger partial charge in [0.1, 0.15) is 5.03 Å². The lowest BCUT2D eigenvalue weighted by atomic mass is 9.97. The summed E-state index contributed by atoms with van der Waals surface area (Å²) in [6, 6.07) is 10.2. The van der Waals surface area contributed by atoms with Crippen molar-refractivity contribution >= 4 is 35.1 Å². The average Bonchev–Trinajstić information content (AvgIpc) is 3.59. The number of thioether (sulfide) groups is 1. The van der Waals surface area contributed by atoms with Crippen molar-refractivity contribution < 1.29 is 9.59 Å². The number of carbonyl (C=O) groups excluding carboxylic acids is 2. The lowest BCUT2D eigenvalue weighted by Gasteiger charge is -2.32. The highest BCUT2D eigenvalue weighted by Crippen LogP contribution is 2.25. The van der Waals surface area contributed by atoms with Crippen molar-refractivity contribution in [2.75, 3.05) is 29.1 Å². The number of hydrogen-bond acceptors (Lipinski definition) is 6. The van der Waals surface area contributed by atoms with E-state index in [4.69, 9.17) is 0 Å². The van der Waals surface area contributed by atoms with Gasteiger partial charge in [-0.2, -0.15) is 0 Å². The third kappa shape index (κ3) is 5.97. The van der Waals surface area contributed by atoms with Crippen LogP contribution in [0.4, 0.5) is 11.5 Å². The molecule has 1 aromatic heterocycles. The second-order valence-electron chi connectivity index (χ2n) is 8.45. The zero-order valence-corrected chi connectivity index (χ0v) is 18.9. The highest BCUT2D eigenvalue weighted by Gasteiger charge is 2.30. The number of aromatic nitrogens is 2. The van der Waals surface area contributed by atoms with Crippen LogP contribution in [0.25, 0.3) is 0 Å². The number of anilines is 2. The Morgan fingerprint density at radius 2 is 1.97 bits per heavy atom. The van der Waals surface area contributed by atoms with Gasteiger partial charge in [-0.1, -0.05) is 29.5 Å². The number of hydrogen-bond donors (Lipinski definition) is 2. The van der Waals surface area contributed by atoms with Crippen LogP contribution in [0.1, 0.15) is 36.8 Å². The van der Waals surface area contributed by atoms with E-state index in [1.807, 2.05) is 44.2 Å². The molecular weight excluding hydrogens is 410 g/mol. The molecule has 2 aromatic rings. The number of rotatable bonds is 7. The molecule has 1 aromatic carbocycles. The molecule has 2 aliphatic rings. The first-order valence-corrected chi connectivity index (χ1v) is 11.9. The summed E-state index contributed by atoms with van der Waals surface area (Å²) >= 11 is 1.36. The molecule has 0 bridgehead atoms. The molecule has 1 saturated carbocycles. The third-order valence-corrected chi connectivity index (χ3v) is 6.59. The van der Waals surface area contributed by atoms with Gasteiger partial charge in [-0.05, 0) is 63.3 Å². The Morgan fingerprint density at radius 3 is 2.68 bits per heavy atom. The second-order valence-corrected chi connectivity index (χ2v) is 9.45. The van der Waals surface area contributed by atoms with E-state index >= 15 is 0 Å². The highest BCUT2D eigenvalue weighted by molar-refractivity contribution is 7.99. The monoisotopic (exact) mass is 439 g/mol. The summed E-state index contributed by atoms with van der Waals surface area (Å²) in [5.41, 5.74) is 3.06. The van der Waals surface area contributed by atoms with Crippen molar-refractivity contribution in [1.82, 2.24) is 15.5 Å². The maximum Gasteiger partial charge on any atom is 0.234 e. The van der Waals surface area contributed by atoms with E-state index in [-0.39, 0.29) is 23.5 Å². The van der Waals surface area contributed by atoms with Crippen LogP contribution in [0.2, 0.25) is 0 Å². The van der Waals surface area contributed by atoms with E-state index in [0.29, 0.717) is 17.6 Å². The zero-order chi connectivity index (χ0) is 21.8. The number of amides is 2. The van der Waals surface area contributed by atoms with Crippen LogP contribution in [0.5, 0.6) is 0 Å². The smallest absolute Gasteiger partial charge is 0.234 e. The van der Waals surface area contributed by atoms with Gasteiger partial charge < -0.3 is 15.5 Å². The topological polar surface area (TPSA) is 87.2 Å². The summed E-state index contributed by atoms with van der Waals surface area (Å²) in [5, 5.41) is 15.4. The van der Waals surface area contributed by atoms with Crippen LogP contribution < -0.4 is 15.5 Å². The summed E-state index contributed by atoms with van der Waals surface area (Å²) in [5.74, 6) is 1.17. The molecule has 0 radical (unpaired) electrons. The Kier molecular flexibility index (Phi) is 6.75. The largest absolute Gasteiger partial charge is 0.354 e. The number of aryl methyl sites for hydroxylation is 2. The number of piperidine rings is 1. The van der Waals surface area contributed by atoms with E-state index < -0.39 is 0 Å². The predicted octanol–water partition coefficient (Wildman–Crippen LogP) is 3.32. The van der Waals surface area contributed by atoms with Gasteiger partial charge in [0.05, 0.1) is 11.7 Å². The fourth-order valence-electron chi connectivity index (χ4n) is 3.78. The molecule has 164 valence electrons. The number of nitrogens with one attached hydrogen (secondary N) is 2. The van der Waals surface area contributed by atoms with Crippen molar-refractivity contribution in [2.24, 2.45) is 5.92 Å². The van der Waals surface area contributed by atoms with Crippen LogP contribution in [-0.2, 0) is 9.59 Å². The van der Waals surface area contributed by atoms with Crippen molar-refractivity contribution in [2.45, 2.75) is 50.6 Å². The number of nitrogens with zero attached hydrogens (tertiary/aromatic N) is 3. The average molecular weight is 440 g/mol. The predicted molar refractivity (Wildman–Crippen MR) is 123 cm³/mol. The van der Waals surface area contributed by atoms with E-state index in [1.165, 1.54) is 17.3 Å². The number of carbonyl (C=O) groups is 2. The van der Waals surface area contributed by atoms with Gasteiger partial charge in [-0.3, -0.25) is 9.59 Å². The Labute approximate surface area is 187 Å². The number of benzene rings is 1. The summed E-state index contributed by atoms with van der Waals surface area (Å²) in [7, 11) is 0. The van der Waals surface area contributed by atoms with Gasteiger partial charge in [-0.15, -0.1) is 10.2 Å². The molecular formula is C23H29N5O2S. The molecule has 31 heavy (non-hydrogen) atoms. The van der Waals surface area contributed by atoms with Gasteiger partial charge in [0, 0.05) is 24.8 Å². The van der Waals surface area contributed by atoms with E-state index in [1.54, 1.807) is 0 Å². The van der Waals surface area contributed by atoms with E-state index in [0.717, 1.165) is 49.3 Å². The van der Waals surface area contributed by atoms with Crippen molar-refractivity contribution in [1.29, 1.82) is 0 Å². The first-order chi connectivity index (χ1) is 15.0. The Balaban J connectivity index is 1.27. The normalized spacial score (nSPS) is 18.5.